The minimum Gasteiger partial charge on any atom is -0.465 e. The summed E-state index contributed by atoms with van der Waals surface area (Å²) in [6.45, 7) is 2.00. The first kappa shape index (κ1) is 13.6. The summed E-state index contributed by atoms with van der Waals surface area (Å²) in [4.78, 5) is 11.0. The van der Waals surface area contributed by atoms with Crippen LogP contribution >= 0.6 is 0 Å². The van der Waals surface area contributed by atoms with Gasteiger partial charge in [-0.25, -0.2) is 0 Å². The second-order valence-electron chi connectivity index (χ2n) is 5.94. The third-order valence-electron chi connectivity index (χ3n) is 4.68. The number of benzene rings is 1. The van der Waals surface area contributed by atoms with Crippen LogP contribution in [0.4, 0.5) is 0 Å². The van der Waals surface area contributed by atoms with E-state index in [0.717, 1.165) is 19.3 Å². The summed E-state index contributed by atoms with van der Waals surface area (Å²) in [5.74, 6) is 0.740. The Labute approximate surface area is 120 Å². The topological polar surface area (TPSA) is 35.5 Å². The highest BCUT2D eigenvalue weighted by Gasteiger charge is 2.48. The summed E-state index contributed by atoms with van der Waals surface area (Å²) in [5, 5.41) is 0. The first-order chi connectivity index (χ1) is 9.74. The Balaban J connectivity index is 1.59. The van der Waals surface area contributed by atoms with Crippen LogP contribution in [0.25, 0.3) is 0 Å². The summed E-state index contributed by atoms with van der Waals surface area (Å²) in [7, 11) is 0. The quantitative estimate of drug-likeness (QED) is 0.774. The van der Waals surface area contributed by atoms with E-state index in [1.54, 1.807) is 0 Å². The Morgan fingerprint density at radius 3 is 2.60 bits per heavy atom. The number of rotatable bonds is 5. The van der Waals surface area contributed by atoms with Gasteiger partial charge >= 0.3 is 5.97 Å². The van der Waals surface area contributed by atoms with Gasteiger partial charge in [-0.3, -0.25) is 4.79 Å². The van der Waals surface area contributed by atoms with E-state index in [1.165, 1.54) is 18.9 Å². The Morgan fingerprint density at radius 2 is 1.90 bits per heavy atom. The molecule has 0 amide bonds. The molecule has 20 heavy (non-hydrogen) atoms. The summed E-state index contributed by atoms with van der Waals surface area (Å²) < 4.78 is 11.3. The second kappa shape index (κ2) is 5.96. The minimum atomic E-state index is -0.186. The highest BCUT2D eigenvalue weighted by molar-refractivity contribution is 5.65. The van der Waals surface area contributed by atoms with Crippen LogP contribution < -0.4 is 0 Å². The predicted molar refractivity (Wildman–Crippen MR) is 76.3 cm³/mol. The molecule has 1 aromatic carbocycles. The third kappa shape index (κ3) is 2.88. The van der Waals surface area contributed by atoms with Gasteiger partial charge in [0.15, 0.2) is 0 Å². The number of esters is 1. The van der Waals surface area contributed by atoms with Crippen LogP contribution in [0.15, 0.2) is 30.3 Å². The maximum Gasteiger partial charge on any atom is 0.302 e. The standard InChI is InChI=1S/C17H22O3/c1-12(18)19-11-15-14(16-9-10-17(15)20-16)8-7-13-5-3-2-4-6-13/h2-6,14-17H,7-11H2,1H3/t14-,15+,16-,17+/m0/s1. The molecule has 2 heterocycles. The molecule has 3 heteroatoms. The molecule has 2 fully saturated rings. The lowest BCUT2D eigenvalue weighted by molar-refractivity contribution is -0.143. The van der Waals surface area contributed by atoms with Gasteiger partial charge in [0.1, 0.15) is 0 Å². The van der Waals surface area contributed by atoms with Crippen molar-refractivity contribution in [3.05, 3.63) is 35.9 Å². The SMILES string of the molecule is CC(=O)OC[C@@H]1[C@H](CCc2ccccc2)[C@@H]2CC[C@H]1O2. The molecule has 4 atom stereocenters. The van der Waals surface area contributed by atoms with E-state index < -0.39 is 0 Å². The fraction of sp³-hybridized carbons (Fsp3) is 0.588. The molecular weight excluding hydrogens is 252 g/mol. The van der Waals surface area contributed by atoms with Crippen LogP contribution in [0.1, 0.15) is 31.7 Å². The summed E-state index contributed by atoms with van der Waals surface area (Å²) in [6, 6.07) is 10.6. The van der Waals surface area contributed by atoms with E-state index in [0.29, 0.717) is 30.7 Å². The van der Waals surface area contributed by atoms with Crippen molar-refractivity contribution in [2.75, 3.05) is 6.61 Å². The number of ether oxygens (including phenoxy) is 2. The molecule has 0 saturated carbocycles. The Kier molecular flexibility index (Phi) is 4.06. The smallest absolute Gasteiger partial charge is 0.302 e. The predicted octanol–water partition coefficient (Wildman–Crippen LogP) is 2.98. The Bertz CT molecular complexity index is 457. The van der Waals surface area contributed by atoms with Crippen LogP contribution in [0.5, 0.6) is 0 Å². The molecule has 2 bridgehead atoms. The lowest BCUT2D eigenvalue weighted by atomic mass is 9.77. The Morgan fingerprint density at radius 1 is 1.20 bits per heavy atom. The zero-order chi connectivity index (χ0) is 13.9. The van der Waals surface area contributed by atoms with Crippen molar-refractivity contribution in [2.45, 2.75) is 44.8 Å². The molecule has 0 aromatic heterocycles. The fourth-order valence-electron chi connectivity index (χ4n) is 3.69. The molecule has 0 spiro atoms. The van der Waals surface area contributed by atoms with Gasteiger partial charge in [0, 0.05) is 12.8 Å². The van der Waals surface area contributed by atoms with Gasteiger partial charge in [0.25, 0.3) is 0 Å². The lowest BCUT2D eigenvalue weighted by Crippen LogP contribution is -2.31. The van der Waals surface area contributed by atoms with Crippen LogP contribution in [0, 0.1) is 11.8 Å². The van der Waals surface area contributed by atoms with E-state index in [1.807, 2.05) is 6.07 Å². The van der Waals surface area contributed by atoms with Crippen molar-refractivity contribution in [3.8, 4) is 0 Å². The van der Waals surface area contributed by atoms with Crippen molar-refractivity contribution in [2.24, 2.45) is 11.8 Å². The van der Waals surface area contributed by atoms with Gasteiger partial charge in [-0.15, -0.1) is 0 Å². The van der Waals surface area contributed by atoms with Gasteiger partial charge in [-0.05, 0) is 37.2 Å². The number of hydrogen-bond donors (Lipinski definition) is 0. The second-order valence-corrected chi connectivity index (χ2v) is 5.94. The van der Waals surface area contributed by atoms with Crippen molar-refractivity contribution < 1.29 is 14.3 Å². The number of hydrogen-bond acceptors (Lipinski definition) is 3. The molecule has 0 N–H and O–H groups in total. The molecule has 0 aliphatic carbocycles. The normalized spacial score (nSPS) is 31.4. The molecule has 1 aromatic rings. The zero-order valence-electron chi connectivity index (χ0n) is 12.0. The number of aryl methyl sites for hydroxylation is 1. The van der Waals surface area contributed by atoms with E-state index in [9.17, 15) is 4.79 Å². The molecule has 0 radical (unpaired) electrons. The van der Waals surface area contributed by atoms with E-state index in [2.05, 4.69) is 24.3 Å². The van der Waals surface area contributed by atoms with Crippen molar-refractivity contribution in [1.29, 1.82) is 0 Å². The Hall–Kier alpha value is -1.35. The molecule has 108 valence electrons. The maximum atomic E-state index is 11.0. The molecule has 0 unspecified atom stereocenters. The highest BCUT2D eigenvalue weighted by Crippen LogP contribution is 2.45. The monoisotopic (exact) mass is 274 g/mol. The van der Waals surface area contributed by atoms with Gasteiger partial charge in [-0.2, -0.15) is 0 Å². The van der Waals surface area contributed by atoms with Crippen LogP contribution in [0.2, 0.25) is 0 Å². The number of carbonyl (C=O) groups excluding carboxylic acids is 1. The zero-order valence-corrected chi connectivity index (χ0v) is 12.0. The minimum absolute atomic E-state index is 0.186. The lowest BCUT2D eigenvalue weighted by Gasteiger charge is -2.27. The molecule has 3 nitrogen and oxygen atoms in total. The average molecular weight is 274 g/mol. The van der Waals surface area contributed by atoms with Crippen LogP contribution in [-0.4, -0.2) is 24.8 Å². The van der Waals surface area contributed by atoms with Crippen LogP contribution in [-0.2, 0) is 20.7 Å². The first-order valence-corrected chi connectivity index (χ1v) is 7.57. The van der Waals surface area contributed by atoms with Gasteiger partial charge < -0.3 is 9.47 Å². The summed E-state index contributed by atoms with van der Waals surface area (Å²) in [5.41, 5.74) is 1.38. The van der Waals surface area contributed by atoms with Gasteiger partial charge in [0.2, 0.25) is 0 Å². The highest BCUT2D eigenvalue weighted by atomic mass is 16.5. The van der Waals surface area contributed by atoms with Gasteiger partial charge in [-0.1, -0.05) is 30.3 Å². The number of carbonyl (C=O) groups is 1. The van der Waals surface area contributed by atoms with E-state index in [-0.39, 0.29) is 5.97 Å². The van der Waals surface area contributed by atoms with E-state index in [4.69, 9.17) is 9.47 Å². The first-order valence-electron chi connectivity index (χ1n) is 7.57. The average Bonchev–Trinajstić information content (AvgIpc) is 3.05. The summed E-state index contributed by atoms with van der Waals surface area (Å²) in [6.07, 6.45) is 5.18. The van der Waals surface area contributed by atoms with Crippen molar-refractivity contribution >= 4 is 5.97 Å². The molecular formula is C17H22O3. The maximum absolute atomic E-state index is 11.0. The molecule has 2 saturated heterocycles. The number of fused-ring (bicyclic) bond motifs is 2. The summed E-state index contributed by atoms with van der Waals surface area (Å²) >= 11 is 0. The molecule has 2 aliphatic heterocycles. The van der Waals surface area contributed by atoms with Crippen molar-refractivity contribution in [3.63, 3.8) is 0 Å². The van der Waals surface area contributed by atoms with Gasteiger partial charge in [0.05, 0.1) is 18.8 Å². The van der Waals surface area contributed by atoms with Crippen LogP contribution in [0.3, 0.4) is 0 Å². The third-order valence-corrected chi connectivity index (χ3v) is 4.68. The fourth-order valence-corrected chi connectivity index (χ4v) is 3.69. The molecule has 2 aliphatic rings. The van der Waals surface area contributed by atoms with Crippen molar-refractivity contribution in [1.82, 2.24) is 0 Å². The largest absolute Gasteiger partial charge is 0.465 e. The van der Waals surface area contributed by atoms with E-state index >= 15 is 0 Å². The molecule has 3 rings (SSSR count).